The third-order valence-corrected chi connectivity index (χ3v) is 5.34. The van der Waals surface area contributed by atoms with E-state index in [1.54, 1.807) is 24.0 Å². The Morgan fingerprint density at radius 2 is 1.78 bits per heavy atom. The number of halogens is 1. The SMILES string of the molecule is CCCNC(=O)[C@@H](C)N(Cc1ccccc1)C(=O)CSc1ccc(Cl)cc1. The molecule has 2 aromatic rings. The molecule has 2 amide bonds. The van der Waals surface area contributed by atoms with Gasteiger partial charge in [0.1, 0.15) is 6.04 Å². The zero-order chi connectivity index (χ0) is 19.6. The first-order chi connectivity index (χ1) is 13.0. The van der Waals surface area contributed by atoms with Gasteiger partial charge in [-0.2, -0.15) is 0 Å². The summed E-state index contributed by atoms with van der Waals surface area (Å²) in [7, 11) is 0. The lowest BCUT2D eigenvalue weighted by molar-refractivity contribution is -0.138. The van der Waals surface area contributed by atoms with E-state index in [9.17, 15) is 9.59 Å². The van der Waals surface area contributed by atoms with Crippen molar-refractivity contribution in [1.29, 1.82) is 0 Å². The fraction of sp³-hybridized carbons (Fsp3) is 0.333. The Kier molecular flexibility index (Phi) is 8.69. The third-order valence-electron chi connectivity index (χ3n) is 4.09. The summed E-state index contributed by atoms with van der Waals surface area (Å²) < 4.78 is 0. The van der Waals surface area contributed by atoms with E-state index in [0.29, 0.717) is 18.1 Å². The van der Waals surface area contributed by atoms with Crippen molar-refractivity contribution in [3.63, 3.8) is 0 Å². The van der Waals surface area contributed by atoms with Crippen LogP contribution in [0.4, 0.5) is 0 Å². The predicted octanol–water partition coefficient (Wildman–Crippen LogP) is 4.38. The molecule has 4 nitrogen and oxygen atoms in total. The summed E-state index contributed by atoms with van der Waals surface area (Å²) in [6.07, 6.45) is 0.859. The second-order valence-corrected chi connectivity index (χ2v) is 7.70. The van der Waals surface area contributed by atoms with E-state index in [0.717, 1.165) is 16.9 Å². The van der Waals surface area contributed by atoms with E-state index >= 15 is 0 Å². The van der Waals surface area contributed by atoms with Gasteiger partial charge >= 0.3 is 0 Å². The van der Waals surface area contributed by atoms with Crippen molar-refractivity contribution in [2.45, 2.75) is 37.8 Å². The van der Waals surface area contributed by atoms with Gasteiger partial charge in [0.2, 0.25) is 11.8 Å². The van der Waals surface area contributed by atoms with Crippen LogP contribution >= 0.6 is 23.4 Å². The highest BCUT2D eigenvalue weighted by atomic mass is 35.5. The zero-order valence-electron chi connectivity index (χ0n) is 15.7. The predicted molar refractivity (Wildman–Crippen MR) is 112 cm³/mol. The van der Waals surface area contributed by atoms with Crippen LogP contribution in [0.25, 0.3) is 0 Å². The number of carbonyl (C=O) groups excluding carboxylic acids is 2. The van der Waals surface area contributed by atoms with Gasteiger partial charge in [-0.05, 0) is 43.2 Å². The Labute approximate surface area is 170 Å². The largest absolute Gasteiger partial charge is 0.354 e. The fourth-order valence-electron chi connectivity index (χ4n) is 2.52. The van der Waals surface area contributed by atoms with Crippen LogP contribution in [0.3, 0.4) is 0 Å². The number of nitrogens with one attached hydrogen (secondary N) is 1. The maximum Gasteiger partial charge on any atom is 0.242 e. The zero-order valence-corrected chi connectivity index (χ0v) is 17.2. The normalized spacial score (nSPS) is 11.7. The Morgan fingerprint density at radius 1 is 1.11 bits per heavy atom. The Balaban J connectivity index is 2.08. The number of hydrogen-bond donors (Lipinski definition) is 1. The molecule has 0 unspecified atom stereocenters. The second kappa shape index (κ2) is 11.0. The molecule has 0 radical (unpaired) electrons. The molecule has 1 N–H and O–H groups in total. The monoisotopic (exact) mass is 404 g/mol. The smallest absolute Gasteiger partial charge is 0.242 e. The molecule has 0 aliphatic rings. The molecule has 2 aromatic carbocycles. The number of thioether (sulfide) groups is 1. The van der Waals surface area contributed by atoms with E-state index in [-0.39, 0.29) is 17.6 Å². The van der Waals surface area contributed by atoms with Crippen LogP contribution < -0.4 is 5.32 Å². The summed E-state index contributed by atoms with van der Waals surface area (Å²) in [5.41, 5.74) is 0.998. The standard InChI is InChI=1S/C21H25ClN2O2S/c1-3-13-23-21(26)16(2)24(14-17-7-5-4-6-8-17)20(25)15-27-19-11-9-18(22)10-12-19/h4-12,16H,3,13-15H2,1-2H3,(H,23,26)/t16-/m1/s1. The lowest BCUT2D eigenvalue weighted by atomic mass is 10.1. The molecule has 1 atom stereocenters. The van der Waals surface area contributed by atoms with Crippen molar-refractivity contribution in [3.8, 4) is 0 Å². The molecule has 0 aromatic heterocycles. The van der Waals surface area contributed by atoms with Gasteiger partial charge in [-0.25, -0.2) is 0 Å². The summed E-state index contributed by atoms with van der Waals surface area (Å²) >= 11 is 7.35. The van der Waals surface area contributed by atoms with E-state index < -0.39 is 6.04 Å². The molecule has 0 saturated heterocycles. The minimum absolute atomic E-state index is 0.0713. The fourth-order valence-corrected chi connectivity index (χ4v) is 3.43. The topological polar surface area (TPSA) is 49.4 Å². The Morgan fingerprint density at radius 3 is 2.41 bits per heavy atom. The van der Waals surface area contributed by atoms with Crippen LogP contribution in [0.15, 0.2) is 59.5 Å². The molecule has 0 saturated carbocycles. The quantitative estimate of drug-likeness (QED) is 0.631. The molecule has 0 bridgehead atoms. The molecule has 0 fully saturated rings. The van der Waals surface area contributed by atoms with Crippen LogP contribution in [-0.4, -0.2) is 35.1 Å². The van der Waals surface area contributed by atoms with Crippen LogP contribution in [0, 0.1) is 0 Å². The highest BCUT2D eigenvalue weighted by Gasteiger charge is 2.25. The van der Waals surface area contributed by atoms with Gasteiger partial charge in [-0.15, -0.1) is 11.8 Å². The number of hydrogen-bond acceptors (Lipinski definition) is 3. The number of nitrogens with zero attached hydrogens (tertiary/aromatic N) is 1. The summed E-state index contributed by atoms with van der Waals surface area (Å²) in [6.45, 7) is 4.79. The molecular formula is C21H25ClN2O2S. The summed E-state index contributed by atoms with van der Waals surface area (Å²) in [4.78, 5) is 27.9. The lowest BCUT2D eigenvalue weighted by Gasteiger charge is -2.28. The van der Waals surface area contributed by atoms with Gasteiger partial charge < -0.3 is 10.2 Å². The summed E-state index contributed by atoms with van der Waals surface area (Å²) in [6, 6.07) is 16.6. The van der Waals surface area contributed by atoms with E-state index in [1.807, 2.05) is 49.4 Å². The van der Waals surface area contributed by atoms with Gasteiger partial charge in [-0.1, -0.05) is 48.9 Å². The molecule has 0 spiro atoms. The van der Waals surface area contributed by atoms with Crippen LogP contribution in [0.2, 0.25) is 5.02 Å². The third kappa shape index (κ3) is 6.92. The van der Waals surface area contributed by atoms with Gasteiger partial charge in [0, 0.05) is 23.0 Å². The average molecular weight is 405 g/mol. The minimum atomic E-state index is -0.532. The first-order valence-corrected chi connectivity index (χ1v) is 10.4. The van der Waals surface area contributed by atoms with Crippen LogP contribution in [0.5, 0.6) is 0 Å². The second-order valence-electron chi connectivity index (χ2n) is 6.22. The molecular weight excluding hydrogens is 380 g/mol. The first-order valence-electron chi connectivity index (χ1n) is 9.00. The maximum absolute atomic E-state index is 12.9. The van der Waals surface area contributed by atoms with Crippen LogP contribution in [-0.2, 0) is 16.1 Å². The molecule has 0 heterocycles. The van der Waals surface area contributed by atoms with Crippen molar-refractivity contribution in [2.24, 2.45) is 0 Å². The van der Waals surface area contributed by atoms with E-state index in [4.69, 9.17) is 11.6 Å². The minimum Gasteiger partial charge on any atom is -0.354 e. The first kappa shape index (κ1) is 21.3. The molecule has 6 heteroatoms. The van der Waals surface area contributed by atoms with Crippen molar-refractivity contribution in [2.75, 3.05) is 12.3 Å². The highest BCUT2D eigenvalue weighted by molar-refractivity contribution is 8.00. The Hall–Kier alpha value is -1.98. The van der Waals surface area contributed by atoms with Gasteiger partial charge in [0.15, 0.2) is 0 Å². The molecule has 2 rings (SSSR count). The van der Waals surface area contributed by atoms with Crippen molar-refractivity contribution >= 4 is 35.2 Å². The Bertz CT molecular complexity index is 738. The molecule has 0 aliphatic carbocycles. The number of carbonyl (C=O) groups is 2. The van der Waals surface area contributed by atoms with Crippen LogP contribution in [0.1, 0.15) is 25.8 Å². The van der Waals surface area contributed by atoms with Crippen molar-refractivity contribution in [1.82, 2.24) is 10.2 Å². The summed E-state index contributed by atoms with van der Waals surface area (Å²) in [5, 5.41) is 3.54. The molecule has 0 aliphatic heterocycles. The van der Waals surface area contributed by atoms with Crippen molar-refractivity contribution in [3.05, 3.63) is 65.2 Å². The lowest BCUT2D eigenvalue weighted by Crippen LogP contribution is -2.48. The van der Waals surface area contributed by atoms with Gasteiger partial charge in [0.05, 0.1) is 5.75 Å². The molecule has 144 valence electrons. The number of rotatable bonds is 9. The highest BCUT2D eigenvalue weighted by Crippen LogP contribution is 2.21. The van der Waals surface area contributed by atoms with Crippen molar-refractivity contribution < 1.29 is 9.59 Å². The van der Waals surface area contributed by atoms with E-state index in [1.165, 1.54) is 11.8 Å². The van der Waals surface area contributed by atoms with E-state index in [2.05, 4.69) is 5.32 Å². The molecule has 27 heavy (non-hydrogen) atoms. The van der Waals surface area contributed by atoms with Gasteiger partial charge in [0.25, 0.3) is 0 Å². The summed E-state index contributed by atoms with van der Waals surface area (Å²) in [5.74, 6) is 0.0652. The number of benzene rings is 2. The average Bonchev–Trinajstić information content (AvgIpc) is 2.69. The number of amides is 2. The maximum atomic E-state index is 12.9. The van der Waals surface area contributed by atoms with Gasteiger partial charge in [-0.3, -0.25) is 9.59 Å².